The minimum atomic E-state index is 1.09. The lowest BCUT2D eigenvalue weighted by atomic mass is 10.1. The van der Waals surface area contributed by atoms with E-state index in [0.717, 1.165) is 13.1 Å². The van der Waals surface area contributed by atoms with Gasteiger partial charge >= 0.3 is 0 Å². The fraction of sp³-hybridized carbons (Fsp3) is 0.739. The van der Waals surface area contributed by atoms with Crippen molar-refractivity contribution >= 4 is 11.8 Å². The summed E-state index contributed by atoms with van der Waals surface area (Å²) in [6.07, 6.45) is 14.4. The van der Waals surface area contributed by atoms with Crippen LogP contribution in [0.5, 0.6) is 0 Å². The molecule has 0 aliphatic carbocycles. The Labute approximate surface area is 162 Å². The van der Waals surface area contributed by atoms with Gasteiger partial charge in [0.2, 0.25) is 0 Å². The summed E-state index contributed by atoms with van der Waals surface area (Å²) in [6, 6.07) is 10.9. The number of benzene rings is 1. The van der Waals surface area contributed by atoms with E-state index >= 15 is 0 Å². The van der Waals surface area contributed by atoms with Crippen LogP contribution in [0.3, 0.4) is 0 Å². The Kier molecular flexibility index (Phi) is 15.3. The van der Waals surface area contributed by atoms with Gasteiger partial charge < -0.3 is 0 Å². The fourth-order valence-electron chi connectivity index (χ4n) is 3.18. The van der Waals surface area contributed by atoms with Crippen LogP contribution in [0.25, 0.3) is 0 Å². The van der Waals surface area contributed by atoms with Crippen molar-refractivity contribution in [2.75, 3.05) is 24.6 Å². The Morgan fingerprint density at radius 1 is 0.720 bits per heavy atom. The van der Waals surface area contributed by atoms with Crippen LogP contribution in [0.1, 0.15) is 83.6 Å². The maximum atomic E-state index is 2.56. The predicted molar refractivity (Wildman–Crippen MR) is 117 cm³/mol. The number of rotatable bonds is 17. The smallest absolute Gasteiger partial charge is 0.0233 e. The first-order valence-corrected chi connectivity index (χ1v) is 11.9. The minimum absolute atomic E-state index is 1.09. The third-order valence-electron chi connectivity index (χ3n) is 4.89. The average Bonchev–Trinajstić information content (AvgIpc) is 2.65. The van der Waals surface area contributed by atoms with Gasteiger partial charge in [0, 0.05) is 18.8 Å². The van der Waals surface area contributed by atoms with Crippen LogP contribution in [0, 0.1) is 0 Å². The second kappa shape index (κ2) is 17.0. The molecule has 0 amide bonds. The highest BCUT2D eigenvalue weighted by Crippen LogP contribution is 2.13. The molecule has 0 saturated heterocycles. The second-order valence-corrected chi connectivity index (χ2v) is 8.37. The first kappa shape index (κ1) is 22.6. The summed E-state index contributed by atoms with van der Waals surface area (Å²) in [5.74, 6) is 2.62. The molecular weight excluding hydrogens is 322 g/mol. The van der Waals surface area contributed by atoms with E-state index in [2.05, 4.69) is 60.8 Å². The Balaban J connectivity index is 1.87. The molecule has 0 fully saturated rings. The summed E-state index contributed by atoms with van der Waals surface area (Å²) in [4.78, 5) is 2.56. The Bertz CT molecular complexity index is 379. The standard InChI is InChI=1S/C23H41NS/c1-3-5-6-7-8-9-10-11-12-16-20-25-21-19-24(4-2)22-23-17-14-13-15-18-23/h13-15,17-18H,3-12,16,19-22H2,1-2H3. The molecule has 1 rings (SSSR count). The monoisotopic (exact) mass is 363 g/mol. The quantitative estimate of drug-likeness (QED) is 0.270. The summed E-state index contributed by atoms with van der Waals surface area (Å²) in [5.41, 5.74) is 1.43. The molecule has 2 heteroatoms. The van der Waals surface area contributed by atoms with Gasteiger partial charge in [-0.3, -0.25) is 4.90 Å². The fourth-order valence-corrected chi connectivity index (χ4v) is 4.18. The first-order valence-electron chi connectivity index (χ1n) is 10.7. The molecule has 0 aliphatic heterocycles. The number of nitrogens with zero attached hydrogens (tertiary/aromatic N) is 1. The van der Waals surface area contributed by atoms with Crippen LogP contribution >= 0.6 is 11.8 Å². The van der Waals surface area contributed by atoms with Crippen molar-refractivity contribution in [2.45, 2.75) is 84.6 Å². The molecule has 0 heterocycles. The van der Waals surface area contributed by atoms with E-state index in [1.54, 1.807) is 0 Å². The van der Waals surface area contributed by atoms with Crippen LogP contribution in [0.2, 0.25) is 0 Å². The molecule has 25 heavy (non-hydrogen) atoms. The van der Waals surface area contributed by atoms with Gasteiger partial charge in [0.05, 0.1) is 0 Å². The molecule has 1 aromatic rings. The maximum absolute atomic E-state index is 2.56. The third kappa shape index (κ3) is 13.4. The Morgan fingerprint density at radius 2 is 1.32 bits per heavy atom. The van der Waals surface area contributed by atoms with Gasteiger partial charge in [-0.25, -0.2) is 0 Å². The lowest BCUT2D eigenvalue weighted by molar-refractivity contribution is 0.298. The van der Waals surface area contributed by atoms with E-state index in [1.807, 2.05) is 0 Å². The Hall–Kier alpha value is -0.470. The van der Waals surface area contributed by atoms with Crippen molar-refractivity contribution in [3.05, 3.63) is 35.9 Å². The minimum Gasteiger partial charge on any atom is -0.299 e. The summed E-state index contributed by atoms with van der Waals surface area (Å²) in [5, 5.41) is 0. The molecule has 0 radical (unpaired) electrons. The van der Waals surface area contributed by atoms with Crippen molar-refractivity contribution in [3.8, 4) is 0 Å². The van der Waals surface area contributed by atoms with Crippen molar-refractivity contribution in [2.24, 2.45) is 0 Å². The van der Waals surface area contributed by atoms with Crippen LogP contribution in [0.4, 0.5) is 0 Å². The van der Waals surface area contributed by atoms with Gasteiger partial charge in [-0.1, -0.05) is 102 Å². The van der Waals surface area contributed by atoms with E-state index in [0.29, 0.717) is 0 Å². The van der Waals surface area contributed by atoms with Crippen LogP contribution in [0.15, 0.2) is 30.3 Å². The van der Waals surface area contributed by atoms with E-state index < -0.39 is 0 Å². The summed E-state index contributed by atoms with van der Waals surface area (Å²) in [6.45, 7) is 8.02. The van der Waals surface area contributed by atoms with Crippen molar-refractivity contribution in [3.63, 3.8) is 0 Å². The third-order valence-corrected chi connectivity index (χ3v) is 5.94. The van der Waals surface area contributed by atoms with E-state index in [1.165, 1.54) is 87.8 Å². The maximum Gasteiger partial charge on any atom is 0.0233 e. The van der Waals surface area contributed by atoms with Crippen LogP contribution < -0.4 is 0 Å². The number of hydrogen-bond acceptors (Lipinski definition) is 2. The molecule has 144 valence electrons. The molecule has 0 saturated carbocycles. The second-order valence-electron chi connectivity index (χ2n) is 7.15. The van der Waals surface area contributed by atoms with Gasteiger partial charge in [0.1, 0.15) is 0 Å². The number of thioether (sulfide) groups is 1. The number of unbranched alkanes of at least 4 members (excludes halogenated alkanes) is 9. The molecular formula is C23H41NS. The largest absolute Gasteiger partial charge is 0.299 e. The van der Waals surface area contributed by atoms with Crippen molar-refractivity contribution in [1.82, 2.24) is 4.90 Å². The lowest BCUT2D eigenvalue weighted by Gasteiger charge is -2.20. The highest BCUT2D eigenvalue weighted by Gasteiger charge is 2.03. The highest BCUT2D eigenvalue weighted by molar-refractivity contribution is 7.99. The van der Waals surface area contributed by atoms with Gasteiger partial charge in [-0.15, -0.1) is 0 Å². The predicted octanol–water partition coefficient (Wildman–Crippen LogP) is 7.16. The zero-order chi connectivity index (χ0) is 18.0. The van der Waals surface area contributed by atoms with Crippen molar-refractivity contribution in [1.29, 1.82) is 0 Å². The van der Waals surface area contributed by atoms with Crippen LogP contribution in [-0.2, 0) is 6.54 Å². The first-order chi connectivity index (χ1) is 12.4. The summed E-state index contributed by atoms with van der Waals surface area (Å²) >= 11 is 2.14. The molecule has 0 aromatic heterocycles. The molecule has 0 unspecified atom stereocenters. The molecule has 0 aliphatic rings. The topological polar surface area (TPSA) is 3.24 Å². The summed E-state index contributed by atoms with van der Waals surface area (Å²) < 4.78 is 0. The van der Waals surface area contributed by atoms with Gasteiger partial charge in [0.15, 0.2) is 0 Å². The number of hydrogen-bond donors (Lipinski definition) is 0. The summed E-state index contributed by atoms with van der Waals surface area (Å²) in [7, 11) is 0. The van der Waals surface area contributed by atoms with Crippen molar-refractivity contribution < 1.29 is 0 Å². The van der Waals surface area contributed by atoms with Gasteiger partial charge in [0.25, 0.3) is 0 Å². The van der Waals surface area contributed by atoms with Crippen LogP contribution in [-0.4, -0.2) is 29.5 Å². The normalized spacial score (nSPS) is 11.3. The lowest BCUT2D eigenvalue weighted by Crippen LogP contribution is -2.25. The average molecular weight is 364 g/mol. The molecule has 0 spiro atoms. The highest BCUT2D eigenvalue weighted by atomic mass is 32.2. The zero-order valence-electron chi connectivity index (χ0n) is 16.8. The molecule has 0 bridgehead atoms. The molecule has 0 atom stereocenters. The molecule has 0 N–H and O–H groups in total. The molecule has 1 aromatic carbocycles. The van der Waals surface area contributed by atoms with Gasteiger partial charge in [-0.05, 0) is 24.3 Å². The Morgan fingerprint density at radius 3 is 1.92 bits per heavy atom. The van der Waals surface area contributed by atoms with E-state index in [-0.39, 0.29) is 0 Å². The SMILES string of the molecule is CCCCCCCCCCCCSCCN(CC)Cc1ccccc1. The zero-order valence-corrected chi connectivity index (χ0v) is 17.7. The van der Waals surface area contributed by atoms with E-state index in [9.17, 15) is 0 Å². The van der Waals surface area contributed by atoms with E-state index in [4.69, 9.17) is 0 Å². The van der Waals surface area contributed by atoms with Gasteiger partial charge in [-0.2, -0.15) is 11.8 Å². The molecule has 1 nitrogen and oxygen atoms in total.